The predicted octanol–water partition coefficient (Wildman–Crippen LogP) is 2.95. The number of nitro groups is 1. The second kappa shape index (κ2) is 11.3. The number of carbonyl (C=O) groups is 3. The van der Waals surface area contributed by atoms with Crippen LogP contribution in [0.25, 0.3) is 0 Å². The average Bonchev–Trinajstić information content (AvgIpc) is 2.90. The average molecular weight is 494 g/mol. The Kier molecular flexibility index (Phi) is 8.02. The molecule has 36 heavy (non-hydrogen) atoms. The highest BCUT2D eigenvalue weighted by atomic mass is 16.6. The number of hydrazine groups is 1. The van der Waals surface area contributed by atoms with Crippen LogP contribution in [0, 0.1) is 10.1 Å². The summed E-state index contributed by atoms with van der Waals surface area (Å²) in [5.74, 6) is -0.937. The van der Waals surface area contributed by atoms with E-state index in [9.17, 15) is 24.5 Å². The van der Waals surface area contributed by atoms with Gasteiger partial charge in [0.2, 0.25) is 5.75 Å². The Hall–Kier alpha value is -5.13. The van der Waals surface area contributed by atoms with E-state index in [-0.39, 0.29) is 33.9 Å². The molecule has 0 bridgehead atoms. The van der Waals surface area contributed by atoms with Crippen LogP contribution in [0.4, 0.5) is 11.4 Å². The standard InChI is InChI=1S/C24H22N4O8/c1-34-19-12-16(13-20(35-2)21(19)36-3)24(31)27-26-23(30)15-5-4-6-17(11-15)25-22(29)14-7-9-18(10-8-14)28(32)33/h4-13H,1-3H3,(H,25,29)(H,26,30)(H,27,31). The zero-order valence-electron chi connectivity index (χ0n) is 19.5. The van der Waals surface area contributed by atoms with E-state index < -0.39 is 22.6 Å². The van der Waals surface area contributed by atoms with E-state index in [0.717, 1.165) is 0 Å². The lowest BCUT2D eigenvalue weighted by Crippen LogP contribution is -2.41. The maximum absolute atomic E-state index is 12.6. The van der Waals surface area contributed by atoms with Crippen LogP contribution in [0.2, 0.25) is 0 Å². The van der Waals surface area contributed by atoms with Crippen molar-refractivity contribution in [2.45, 2.75) is 0 Å². The Bertz CT molecular complexity index is 1280. The first-order valence-electron chi connectivity index (χ1n) is 10.3. The van der Waals surface area contributed by atoms with Crippen molar-refractivity contribution in [3.8, 4) is 17.2 Å². The molecule has 3 aromatic rings. The monoisotopic (exact) mass is 494 g/mol. The molecule has 12 heteroatoms. The number of ether oxygens (including phenoxy) is 3. The number of rotatable bonds is 8. The normalized spacial score (nSPS) is 10.1. The van der Waals surface area contributed by atoms with E-state index >= 15 is 0 Å². The third-order valence-corrected chi connectivity index (χ3v) is 4.94. The topological polar surface area (TPSA) is 158 Å². The summed E-state index contributed by atoms with van der Waals surface area (Å²) >= 11 is 0. The Morgan fingerprint density at radius 2 is 1.31 bits per heavy atom. The molecular weight excluding hydrogens is 472 g/mol. The minimum Gasteiger partial charge on any atom is -0.493 e. The molecule has 12 nitrogen and oxygen atoms in total. The Labute approximate surface area is 205 Å². The number of hydrogen-bond donors (Lipinski definition) is 3. The summed E-state index contributed by atoms with van der Waals surface area (Å²) in [4.78, 5) is 47.8. The number of amides is 3. The largest absolute Gasteiger partial charge is 0.493 e. The number of nitrogens with zero attached hydrogens (tertiary/aromatic N) is 1. The van der Waals surface area contributed by atoms with Crippen LogP contribution >= 0.6 is 0 Å². The molecule has 0 aliphatic rings. The van der Waals surface area contributed by atoms with E-state index in [1.54, 1.807) is 12.1 Å². The maximum atomic E-state index is 12.6. The van der Waals surface area contributed by atoms with Crippen molar-refractivity contribution in [1.82, 2.24) is 10.9 Å². The summed E-state index contributed by atoms with van der Waals surface area (Å²) < 4.78 is 15.7. The molecule has 3 N–H and O–H groups in total. The van der Waals surface area contributed by atoms with Crippen molar-refractivity contribution in [2.24, 2.45) is 0 Å². The van der Waals surface area contributed by atoms with Crippen LogP contribution in [-0.2, 0) is 0 Å². The Balaban J connectivity index is 1.66. The second-order valence-corrected chi connectivity index (χ2v) is 7.16. The highest BCUT2D eigenvalue weighted by Crippen LogP contribution is 2.38. The lowest BCUT2D eigenvalue weighted by molar-refractivity contribution is -0.384. The van der Waals surface area contributed by atoms with Crippen LogP contribution < -0.4 is 30.4 Å². The molecule has 3 aromatic carbocycles. The van der Waals surface area contributed by atoms with Crippen LogP contribution in [0.1, 0.15) is 31.1 Å². The minimum absolute atomic E-state index is 0.140. The number of nitro benzene ring substituents is 1. The maximum Gasteiger partial charge on any atom is 0.269 e. The number of hydrogen-bond acceptors (Lipinski definition) is 8. The molecule has 0 aliphatic carbocycles. The molecule has 0 fully saturated rings. The van der Waals surface area contributed by atoms with Crippen molar-refractivity contribution in [3.63, 3.8) is 0 Å². The molecule has 0 saturated heterocycles. The van der Waals surface area contributed by atoms with Crippen molar-refractivity contribution in [2.75, 3.05) is 26.6 Å². The molecule has 0 spiro atoms. The number of non-ortho nitro benzene ring substituents is 1. The highest BCUT2D eigenvalue weighted by molar-refractivity contribution is 6.05. The molecule has 3 amide bonds. The number of methoxy groups -OCH3 is 3. The van der Waals surface area contributed by atoms with E-state index in [4.69, 9.17) is 14.2 Å². The van der Waals surface area contributed by atoms with Gasteiger partial charge in [0.1, 0.15) is 0 Å². The first kappa shape index (κ1) is 25.5. The fourth-order valence-corrected chi connectivity index (χ4v) is 3.15. The SMILES string of the molecule is COc1cc(C(=O)NNC(=O)c2cccc(NC(=O)c3ccc([N+](=O)[O-])cc3)c2)cc(OC)c1OC. The van der Waals surface area contributed by atoms with Crippen LogP contribution in [-0.4, -0.2) is 44.0 Å². The fourth-order valence-electron chi connectivity index (χ4n) is 3.15. The molecule has 186 valence electrons. The third-order valence-electron chi connectivity index (χ3n) is 4.94. The smallest absolute Gasteiger partial charge is 0.269 e. The first-order chi connectivity index (χ1) is 17.3. The van der Waals surface area contributed by atoms with Gasteiger partial charge in [0.15, 0.2) is 11.5 Å². The number of benzene rings is 3. The first-order valence-corrected chi connectivity index (χ1v) is 10.3. The van der Waals surface area contributed by atoms with Gasteiger partial charge in [0, 0.05) is 34.5 Å². The molecule has 0 atom stereocenters. The van der Waals surface area contributed by atoms with Gasteiger partial charge in [-0.15, -0.1) is 0 Å². The van der Waals surface area contributed by atoms with Gasteiger partial charge in [-0.05, 0) is 42.5 Å². The van der Waals surface area contributed by atoms with Crippen molar-refractivity contribution < 1.29 is 33.5 Å². The number of carbonyl (C=O) groups excluding carboxylic acids is 3. The zero-order valence-corrected chi connectivity index (χ0v) is 19.5. The van der Waals surface area contributed by atoms with Crippen LogP contribution in [0.3, 0.4) is 0 Å². The van der Waals surface area contributed by atoms with Crippen molar-refractivity contribution >= 4 is 29.1 Å². The predicted molar refractivity (Wildman–Crippen MR) is 129 cm³/mol. The highest BCUT2D eigenvalue weighted by Gasteiger charge is 2.18. The van der Waals surface area contributed by atoms with E-state index in [1.807, 2.05) is 0 Å². The molecule has 0 unspecified atom stereocenters. The Morgan fingerprint density at radius 3 is 1.83 bits per heavy atom. The van der Waals surface area contributed by atoms with Gasteiger partial charge < -0.3 is 19.5 Å². The molecule has 0 saturated carbocycles. The van der Waals surface area contributed by atoms with Gasteiger partial charge in [-0.25, -0.2) is 0 Å². The summed E-state index contributed by atoms with van der Waals surface area (Å²) in [7, 11) is 4.26. The summed E-state index contributed by atoms with van der Waals surface area (Å²) in [6.07, 6.45) is 0. The molecule has 0 aliphatic heterocycles. The summed E-state index contributed by atoms with van der Waals surface area (Å²) in [6, 6.07) is 13.9. The molecule has 0 heterocycles. The molecular formula is C24H22N4O8. The second-order valence-electron chi connectivity index (χ2n) is 7.16. The van der Waals surface area contributed by atoms with Gasteiger partial charge in [-0.2, -0.15) is 0 Å². The van der Waals surface area contributed by atoms with Crippen LogP contribution in [0.5, 0.6) is 17.2 Å². The van der Waals surface area contributed by atoms with Gasteiger partial charge in [0.25, 0.3) is 23.4 Å². The number of nitrogens with one attached hydrogen (secondary N) is 3. The third kappa shape index (κ3) is 5.86. The van der Waals surface area contributed by atoms with Gasteiger partial charge in [-0.3, -0.25) is 35.3 Å². The Morgan fingerprint density at radius 1 is 0.722 bits per heavy atom. The van der Waals surface area contributed by atoms with E-state index in [1.165, 1.54) is 69.9 Å². The summed E-state index contributed by atoms with van der Waals surface area (Å²) in [5, 5.41) is 13.4. The summed E-state index contributed by atoms with van der Waals surface area (Å²) in [6.45, 7) is 0. The number of anilines is 1. The van der Waals surface area contributed by atoms with Crippen molar-refractivity contribution in [3.05, 3.63) is 87.5 Å². The molecule has 3 rings (SSSR count). The zero-order chi connectivity index (χ0) is 26.2. The van der Waals surface area contributed by atoms with E-state index in [0.29, 0.717) is 11.4 Å². The lowest BCUT2D eigenvalue weighted by atomic mass is 10.1. The minimum atomic E-state index is -0.637. The molecule has 0 aromatic heterocycles. The molecule has 0 radical (unpaired) electrons. The quantitative estimate of drug-likeness (QED) is 0.318. The van der Waals surface area contributed by atoms with Gasteiger partial charge in [-0.1, -0.05) is 6.07 Å². The van der Waals surface area contributed by atoms with Crippen LogP contribution in [0.15, 0.2) is 60.7 Å². The fraction of sp³-hybridized carbons (Fsp3) is 0.125. The van der Waals surface area contributed by atoms with E-state index in [2.05, 4.69) is 16.2 Å². The van der Waals surface area contributed by atoms with Gasteiger partial charge in [0.05, 0.1) is 26.3 Å². The summed E-state index contributed by atoms with van der Waals surface area (Å²) in [5.41, 5.74) is 5.28. The lowest BCUT2D eigenvalue weighted by Gasteiger charge is -2.14. The van der Waals surface area contributed by atoms with Gasteiger partial charge >= 0.3 is 0 Å². The van der Waals surface area contributed by atoms with Crippen molar-refractivity contribution in [1.29, 1.82) is 0 Å².